The molecule has 0 aliphatic heterocycles. The monoisotopic (exact) mass is 299 g/mol. The molecule has 17 heavy (non-hydrogen) atoms. The molecule has 0 saturated heterocycles. The summed E-state index contributed by atoms with van der Waals surface area (Å²) >= 11 is 3.07. The molecule has 0 aliphatic carbocycles. The van der Waals surface area contributed by atoms with Gasteiger partial charge >= 0.3 is 0 Å². The summed E-state index contributed by atoms with van der Waals surface area (Å²) in [5.41, 5.74) is 0.467. The van der Waals surface area contributed by atoms with E-state index in [-0.39, 0.29) is 17.8 Å². The van der Waals surface area contributed by atoms with Gasteiger partial charge in [0.25, 0.3) is 5.91 Å². The van der Waals surface area contributed by atoms with E-state index < -0.39 is 0 Å². The maximum absolute atomic E-state index is 13.1. The molecule has 0 heterocycles. The van der Waals surface area contributed by atoms with E-state index in [4.69, 9.17) is 0 Å². The highest BCUT2D eigenvalue weighted by atomic mass is 79.9. The van der Waals surface area contributed by atoms with E-state index >= 15 is 0 Å². The number of hydrogen-bond acceptors (Lipinski definition) is 1. The first kappa shape index (κ1) is 13.9. The second-order valence-electron chi connectivity index (χ2n) is 3.97. The van der Waals surface area contributed by atoms with Crippen LogP contribution in [-0.4, -0.2) is 23.4 Å². The predicted molar refractivity (Wildman–Crippen MR) is 70.5 cm³/mol. The van der Waals surface area contributed by atoms with Gasteiger partial charge < -0.3 is 4.90 Å². The number of halogens is 2. The third kappa shape index (κ3) is 3.40. The Labute approximate surface area is 109 Å². The first-order chi connectivity index (χ1) is 7.97. The summed E-state index contributed by atoms with van der Waals surface area (Å²) in [5, 5.41) is 0. The third-order valence-electron chi connectivity index (χ3n) is 2.38. The summed E-state index contributed by atoms with van der Waals surface area (Å²) in [6.07, 6.45) is 1.68. The van der Waals surface area contributed by atoms with Gasteiger partial charge in [-0.15, -0.1) is 6.58 Å². The first-order valence-electron chi connectivity index (χ1n) is 5.34. The molecule has 1 rings (SSSR count). The van der Waals surface area contributed by atoms with Crippen molar-refractivity contribution in [2.24, 2.45) is 0 Å². The molecule has 1 aromatic carbocycles. The molecule has 0 aromatic heterocycles. The fraction of sp³-hybridized carbons (Fsp3) is 0.308. The highest BCUT2D eigenvalue weighted by Crippen LogP contribution is 2.18. The number of rotatable bonds is 4. The second kappa shape index (κ2) is 5.96. The van der Waals surface area contributed by atoms with Crippen LogP contribution in [0.1, 0.15) is 24.2 Å². The Kier molecular flexibility index (Phi) is 4.87. The van der Waals surface area contributed by atoms with Crippen LogP contribution in [0.4, 0.5) is 4.39 Å². The van der Waals surface area contributed by atoms with E-state index in [0.29, 0.717) is 16.6 Å². The topological polar surface area (TPSA) is 20.3 Å². The quantitative estimate of drug-likeness (QED) is 0.778. The molecule has 2 nitrogen and oxygen atoms in total. The fourth-order valence-electron chi connectivity index (χ4n) is 1.46. The van der Waals surface area contributed by atoms with Crippen molar-refractivity contribution in [1.29, 1.82) is 0 Å². The average molecular weight is 300 g/mol. The van der Waals surface area contributed by atoms with Gasteiger partial charge in [-0.1, -0.05) is 6.08 Å². The average Bonchev–Trinajstić information content (AvgIpc) is 2.28. The molecule has 0 saturated carbocycles. The van der Waals surface area contributed by atoms with Crippen LogP contribution in [-0.2, 0) is 0 Å². The van der Waals surface area contributed by atoms with E-state index in [1.54, 1.807) is 11.0 Å². The molecule has 0 aliphatic rings. The Morgan fingerprint density at radius 3 is 2.71 bits per heavy atom. The van der Waals surface area contributed by atoms with Gasteiger partial charge in [-0.25, -0.2) is 4.39 Å². The Morgan fingerprint density at radius 1 is 1.59 bits per heavy atom. The van der Waals surface area contributed by atoms with Gasteiger partial charge in [-0.2, -0.15) is 0 Å². The predicted octanol–water partition coefficient (Wildman–Crippen LogP) is 3.62. The van der Waals surface area contributed by atoms with E-state index in [1.165, 1.54) is 18.2 Å². The molecule has 0 N–H and O–H groups in total. The van der Waals surface area contributed by atoms with Crippen molar-refractivity contribution in [3.8, 4) is 0 Å². The molecule has 0 fully saturated rings. The van der Waals surface area contributed by atoms with E-state index in [2.05, 4.69) is 22.5 Å². The highest BCUT2D eigenvalue weighted by Gasteiger charge is 2.18. The van der Waals surface area contributed by atoms with E-state index in [9.17, 15) is 9.18 Å². The van der Waals surface area contributed by atoms with Crippen molar-refractivity contribution in [1.82, 2.24) is 4.90 Å². The molecular formula is C13H15BrFNO. The zero-order chi connectivity index (χ0) is 13.0. The Bertz CT molecular complexity index is 431. The summed E-state index contributed by atoms with van der Waals surface area (Å²) in [7, 11) is 0. The van der Waals surface area contributed by atoms with Gasteiger partial charge in [-0.3, -0.25) is 4.79 Å². The van der Waals surface area contributed by atoms with Crippen molar-refractivity contribution < 1.29 is 9.18 Å². The number of amides is 1. The summed E-state index contributed by atoms with van der Waals surface area (Å²) in [5.74, 6) is -0.498. The van der Waals surface area contributed by atoms with Crippen LogP contribution in [0.2, 0.25) is 0 Å². The molecular weight excluding hydrogens is 285 g/mol. The number of benzene rings is 1. The van der Waals surface area contributed by atoms with Crippen LogP contribution in [0.15, 0.2) is 35.3 Å². The smallest absolute Gasteiger partial charge is 0.254 e. The van der Waals surface area contributed by atoms with Crippen molar-refractivity contribution in [3.05, 3.63) is 46.7 Å². The molecule has 1 amide bonds. The first-order valence-corrected chi connectivity index (χ1v) is 6.13. The van der Waals surface area contributed by atoms with Gasteiger partial charge in [-0.05, 0) is 48.0 Å². The van der Waals surface area contributed by atoms with Crippen molar-refractivity contribution in [2.45, 2.75) is 19.9 Å². The zero-order valence-corrected chi connectivity index (χ0v) is 11.5. The second-order valence-corrected chi connectivity index (χ2v) is 4.82. The summed E-state index contributed by atoms with van der Waals surface area (Å²) < 4.78 is 13.4. The number of hydrogen-bond donors (Lipinski definition) is 0. The fourth-order valence-corrected chi connectivity index (χ4v) is 1.84. The maximum atomic E-state index is 13.1. The van der Waals surface area contributed by atoms with Crippen molar-refractivity contribution in [3.63, 3.8) is 0 Å². The van der Waals surface area contributed by atoms with Gasteiger partial charge in [0, 0.05) is 18.2 Å². The van der Waals surface area contributed by atoms with Gasteiger partial charge in [0.2, 0.25) is 0 Å². The lowest BCUT2D eigenvalue weighted by atomic mass is 10.1. The van der Waals surface area contributed by atoms with Crippen molar-refractivity contribution >= 4 is 21.8 Å². The van der Waals surface area contributed by atoms with Gasteiger partial charge in [0.05, 0.1) is 4.47 Å². The molecule has 0 unspecified atom stereocenters. The molecule has 0 spiro atoms. The van der Waals surface area contributed by atoms with Gasteiger partial charge in [0.1, 0.15) is 5.82 Å². The van der Waals surface area contributed by atoms with Crippen LogP contribution < -0.4 is 0 Å². The number of carbonyl (C=O) groups is 1. The summed E-state index contributed by atoms with van der Waals surface area (Å²) in [6, 6.07) is 4.34. The summed E-state index contributed by atoms with van der Waals surface area (Å²) in [4.78, 5) is 13.8. The summed E-state index contributed by atoms with van der Waals surface area (Å²) in [6.45, 7) is 7.97. The zero-order valence-electron chi connectivity index (χ0n) is 9.91. The molecule has 4 heteroatoms. The number of nitrogens with zero attached hydrogens (tertiary/aromatic N) is 1. The largest absolute Gasteiger partial charge is 0.333 e. The van der Waals surface area contributed by atoms with Crippen LogP contribution in [0, 0.1) is 5.82 Å². The van der Waals surface area contributed by atoms with E-state index in [0.717, 1.165) is 0 Å². The van der Waals surface area contributed by atoms with Crippen LogP contribution in [0.25, 0.3) is 0 Å². The molecule has 92 valence electrons. The molecule has 0 bridgehead atoms. The minimum Gasteiger partial charge on any atom is -0.333 e. The number of carbonyl (C=O) groups excluding carboxylic acids is 1. The van der Waals surface area contributed by atoms with Gasteiger partial charge in [0.15, 0.2) is 0 Å². The van der Waals surface area contributed by atoms with Crippen LogP contribution >= 0.6 is 15.9 Å². The standard InChI is InChI=1S/C13H15BrFNO/c1-4-7-16(9(2)3)13(17)10-5-6-12(15)11(14)8-10/h4-6,8-9H,1,7H2,2-3H3. The Balaban J connectivity index is 3.00. The minimum atomic E-state index is -0.374. The van der Waals surface area contributed by atoms with Crippen LogP contribution in [0.5, 0.6) is 0 Å². The molecule has 0 radical (unpaired) electrons. The Morgan fingerprint density at radius 2 is 2.24 bits per heavy atom. The molecule has 0 atom stereocenters. The van der Waals surface area contributed by atoms with Crippen molar-refractivity contribution in [2.75, 3.05) is 6.54 Å². The van der Waals surface area contributed by atoms with E-state index in [1.807, 2.05) is 13.8 Å². The SMILES string of the molecule is C=CCN(C(=O)c1ccc(F)c(Br)c1)C(C)C. The Hall–Kier alpha value is -1.16. The molecule has 1 aromatic rings. The normalized spacial score (nSPS) is 10.4. The minimum absolute atomic E-state index is 0.0735. The third-order valence-corrected chi connectivity index (χ3v) is 2.98. The lowest BCUT2D eigenvalue weighted by Gasteiger charge is -2.25. The van der Waals surface area contributed by atoms with Crippen LogP contribution in [0.3, 0.4) is 0 Å². The highest BCUT2D eigenvalue weighted by molar-refractivity contribution is 9.10. The lowest BCUT2D eigenvalue weighted by Crippen LogP contribution is -2.37. The lowest BCUT2D eigenvalue weighted by molar-refractivity contribution is 0.0728. The maximum Gasteiger partial charge on any atom is 0.254 e.